The molecule has 0 aliphatic carbocycles. The minimum Gasteiger partial charge on any atom is -0.366 e. The number of pyridine rings is 1. The molecule has 0 atom stereocenters. The summed E-state index contributed by atoms with van der Waals surface area (Å²) >= 11 is 0. The fourth-order valence-electron chi connectivity index (χ4n) is 2.30. The topological polar surface area (TPSA) is 42.7 Å². The summed E-state index contributed by atoms with van der Waals surface area (Å²) in [6.07, 6.45) is 1.90. The second kappa shape index (κ2) is 4.96. The molecule has 3 rings (SSSR count). The minimum atomic E-state index is 0.742. The van der Waals surface area contributed by atoms with Crippen LogP contribution in [0.5, 0.6) is 0 Å². The molecule has 102 valence electrons. The number of hydrogen-bond donors (Lipinski definition) is 1. The monoisotopic (exact) mass is 266 g/mol. The molecule has 4 heteroatoms. The highest BCUT2D eigenvalue weighted by atomic mass is 15.3. The second-order valence-electron chi connectivity index (χ2n) is 5.08. The summed E-state index contributed by atoms with van der Waals surface area (Å²) in [5.74, 6) is 0.937. The van der Waals surface area contributed by atoms with Crippen molar-refractivity contribution >= 4 is 16.7 Å². The summed E-state index contributed by atoms with van der Waals surface area (Å²) in [6.45, 7) is 4.90. The van der Waals surface area contributed by atoms with Crippen LogP contribution in [0.3, 0.4) is 0 Å². The molecule has 0 aliphatic rings. The van der Waals surface area contributed by atoms with E-state index in [0.29, 0.717) is 0 Å². The zero-order valence-electron chi connectivity index (χ0n) is 12.0. The average Bonchev–Trinajstić information content (AvgIpc) is 2.76. The number of nitrogens with zero attached hydrogens (tertiary/aromatic N) is 3. The Morgan fingerprint density at radius 2 is 2.00 bits per heavy atom. The van der Waals surface area contributed by atoms with Crippen LogP contribution in [0.4, 0.5) is 5.82 Å². The fourth-order valence-corrected chi connectivity index (χ4v) is 2.30. The van der Waals surface area contributed by atoms with Gasteiger partial charge in [0.1, 0.15) is 5.82 Å². The van der Waals surface area contributed by atoms with E-state index in [4.69, 9.17) is 0 Å². The lowest BCUT2D eigenvalue weighted by molar-refractivity contribution is 0.738. The lowest BCUT2D eigenvalue weighted by atomic mass is 10.1. The zero-order valence-corrected chi connectivity index (χ0v) is 12.0. The first-order valence-corrected chi connectivity index (χ1v) is 6.73. The van der Waals surface area contributed by atoms with Gasteiger partial charge in [0.05, 0.1) is 11.7 Å². The van der Waals surface area contributed by atoms with Crippen molar-refractivity contribution in [2.75, 3.05) is 5.32 Å². The van der Waals surface area contributed by atoms with E-state index in [1.165, 1.54) is 16.6 Å². The average molecular weight is 266 g/mol. The molecule has 0 unspecified atom stereocenters. The minimum absolute atomic E-state index is 0.742. The standard InChI is InChI=1S/C16H18N4/c1-11-8-13-6-4-5-7-15(13)19-16(11)17-9-14-10-18-20(3)12(14)2/h4-8,10H,9H2,1-3H3,(H,17,19). The number of rotatable bonds is 3. The first-order chi connectivity index (χ1) is 9.65. The molecule has 0 radical (unpaired) electrons. The van der Waals surface area contributed by atoms with Gasteiger partial charge in [-0.2, -0.15) is 5.10 Å². The molecule has 0 bridgehead atoms. The van der Waals surface area contributed by atoms with Crippen molar-refractivity contribution in [1.82, 2.24) is 14.8 Å². The van der Waals surface area contributed by atoms with Crippen molar-refractivity contribution in [2.45, 2.75) is 20.4 Å². The van der Waals surface area contributed by atoms with Crippen LogP contribution in [0, 0.1) is 13.8 Å². The quantitative estimate of drug-likeness (QED) is 0.791. The van der Waals surface area contributed by atoms with Gasteiger partial charge >= 0.3 is 0 Å². The highest BCUT2D eigenvalue weighted by Gasteiger charge is 2.06. The highest BCUT2D eigenvalue weighted by molar-refractivity contribution is 5.81. The number of fused-ring (bicyclic) bond motifs is 1. The number of benzene rings is 1. The van der Waals surface area contributed by atoms with Crippen LogP contribution in [0.1, 0.15) is 16.8 Å². The summed E-state index contributed by atoms with van der Waals surface area (Å²) in [5, 5.41) is 8.84. The SMILES string of the molecule is Cc1cc2ccccc2nc1NCc1cnn(C)c1C. The molecular weight excluding hydrogens is 248 g/mol. The smallest absolute Gasteiger partial charge is 0.129 e. The van der Waals surface area contributed by atoms with Gasteiger partial charge in [-0.3, -0.25) is 4.68 Å². The highest BCUT2D eigenvalue weighted by Crippen LogP contribution is 2.20. The van der Waals surface area contributed by atoms with Gasteiger partial charge in [-0.05, 0) is 31.5 Å². The predicted octanol–water partition coefficient (Wildman–Crippen LogP) is 3.20. The van der Waals surface area contributed by atoms with Crippen LogP contribution in [0.25, 0.3) is 10.9 Å². The van der Waals surface area contributed by atoms with Gasteiger partial charge < -0.3 is 5.32 Å². The summed E-state index contributed by atoms with van der Waals surface area (Å²) in [4.78, 5) is 4.69. The Morgan fingerprint density at radius 3 is 2.75 bits per heavy atom. The lowest BCUT2D eigenvalue weighted by Gasteiger charge is -2.10. The van der Waals surface area contributed by atoms with Gasteiger partial charge in [-0.15, -0.1) is 0 Å². The van der Waals surface area contributed by atoms with Crippen molar-refractivity contribution < 1.29 is 0 Å². The molecule has 3 aromatic rings. The van der Waals surface area contributed by atoms with E-state index >= 15 is 0 Å². The molecule has 0 fully saturated rings. The number of hydrogen-bond acceptors (Lipinski definition) is 3. The van der Waals surface area contributed by atoms with Gasteiger partial charge in [0, 0.05) is 30.2 Å². The summed E-state index contributed by atoms with van der Waals surface area (Å²) in [7, 11) is 1.96. The number of aromatic nitrogens is 3. The molecule has 1 N–H and O–H groups in total. The Labute approximate surface area is 118 Å². The second-order valence-corrected chi connectivity index (χ2v) is 5.08. The normalized spacial score (nSPS) is 10.9. The summed E-state index contributed by atoms with van der Waals surface area (Å²) in [6, 6.07) is 10.3. The third kappa shape index (κ3) is 2.25. The van der Waals surface area contributed by atoms with E-state index < -0.39 is 0 Å². The van der Waals surface area contributed by atoms with Gasteiger partial charge in [0.25, 0.3) is 0 Å². The van der Waals surface area contributed by atoms with E-state index in [2.05, 4.69) is 41.4 Å². The van der Waals surface area contributed by atoms with Crippen molar-refractivity contribution in [2.24, 2.45) is 7.05 Å². The number of aryl methyl sites for hydroxylation is 2. The zero-order chi connectivity index (χ0) is 14.1. The molecule has 0 saturated heterocycles. The van der Waals surface area contributed by atoms with Gasteiger partial charge in [-0.1, -0.05) is 18.2 Å². The molecule has 0 amide bonds. The maximum Gasteiger partial charge on any atom is 0.129 e. The molecular formula is C16H18N4. The number of nitrogens with one attached hydrogen (secondary N) is 1. The van der Waals surface area contributed by atoms with E-state index in [-0.39, 0.29) is 0 Å². The molecule has 4 nitrogen and oxygen atoms in total. The number of anilines is 1. The van der Waals surface area contributed by atoms with Crippen molar-refractivity contribution in [1.29, 1.82) is 0 Å². The van der Waals surface area contributed by atoms with E-state index in [1.54, 1.807) is 0 Å². The Kier molecular flexibility index (Phi) is 3.14. The Balaban J connectivity index is 1.87. The van der Waals surface area contributed by atoms with Crippen LogP contribution in [0.2, 0.25) is 0 Å². The van der Waals surface area contributed by atoms with E-state index in [0.717, 1.165) is 23.4 Å². The van der Waals surface area contributed by atoms with E-state index in [1.807, 2.05) is 36.1 Å². The largest absolute Gasteiger partial charge is 0.366 e. The van der Waals surface area contributed by atoms with Crippen molar-refractivity contribution in [3.05, 3.63) is 53.3 Å². The predicted molar refractivity (Wildman–Crippen MR) is 81.8 cm³/mol. The maximum absolute atomic E-state index is 4.69. The van der Waals surface area contributed by atoms with Crippen LogP contribution >= 0.6 is 0 Å². The molecule has 1 aromatic carbocycles. The van der Waals surface area contributed by atoms with Gasteiger partial charge in [0.15, 0.2) is 0 Å². The molecule has 2 heterocycles. The van der Waals surface area contributed by atoms with Crippen molar-refractivity contribution in [3.63, 3.8) is 0 Å². The van der Waals surface area contributed by atoms with Gasteiger partial charge in [-0.25, -0.2) is 4.98 Å². The molecule has 0 aliphatic heterocycles. The maximum atomic E-state index is 4.69. The van der Waals surface area contributed by atoms with Crippen LogP contribution in [-0.2, 0) is 13.6 Å². The molecule has 0 spiro atoms. The Morgan fingerprint density at radius 1 is 1.20 bits per heavy atom. The third-order valence-corrected chi connectivity index (χ3v) is 3.70. The third-order valence-electron chi connectivity index (χ3n) is 3.70. The Hall–Kier alpha value is -2.36. The first-order valence-electron chi connectivity index (χ1n) is 6.73. The number of para-hydroxylation sites is 1. The lowest BCUT2D eigenvalue weighted by Crippen LogP contribution is -2.04. The fraction of sp³-hybridized carbons (Fsp3) is 0.250. The summed E-state index contributed by atoms with van der Waals surface area (Å²) in [5.41, 5.74) is 4.55. The molecule has 2 aromatic heterocycles. The van der Waals surface area contributed by atoms with Crippen LogP contribution in [0.15, 0.2) is 36.5 Å². The van der Waals surface area contributed by atoms with Gasteiger partial charge in [0.2, 0.25) is 0 Å². The Bertz CT molecular complexity index is 758. The molecule has 0 saturated carbocycles. The molecule has 20 heavy (non-hydrogen) atoms. The van der Waals surface area contributed by atoms with Crippen molar-refractivity contribution in [3.8, 4) is 0 Å². The first kappa shape index (κ1) is 12.7. The summed E-state index contributed by atoms with van der Waals surface area (Å²) < 4.78 is 1.89. The van der Waals surface area contributed by atoms with Crippen LogP contribution in [-0.4, -0.2) is 14.8 Å². The van der Waals surface area contributed by atoms with E-state index in [9.17, 15) is 0 Å². The van der Waals surface area contributed by atoms with Crippen LogP contribution < -0.4 is 5.32 Å².